The van der Waals surface area contributed by atoms with Crippen molar-refractivity contribution in [3.8, 4) is 0 Å². The Kier molecular flexibility index (Phi) is 5.59. The molecule has 0 spiro atoms. The molecule has 4 heteroatoms. The number of carbonyl (C=O) groups excluding carboxylic acids is 1. The van der Waals surface area contributed by atoms with E-state index in [1.807, 2.05) is 0 Å². The van der Waals surface area contributed by atoms with E-state index < -0.39 is 0 Å². The maximum atomic E-state index is 12.5. The molecule has 0 aromatic carbocycles. The van der Waals surface area contributed by atoms with Gasteiger partial charge >= 0.3 is 0 Å². The maximum Gasteiger partial charge on any atom is 0.223 e. The van der Waals surface area contributed by atoms with Gasteiger partial charge in [0.25, 0.3) is 0 Å². The molecule has 3 N–H and O–H groups in total. The molecule has 122 valence electrons. The van der Waals surface area contributed by atoms with E-state index in [9.17, 15) is 4.79 Å². The number of nitrogens with two attached hydrogens (primary N) is 1. The zero-order valence-corrected chi connectivity index (χ0v) is 14.1. The average Bonchev–Trinajstić information content (AvgIpc) is 2.83. The minimum Gasteiger partial charge on any atom is -0.355 e. The molecule has 3 aliphatic carbocycles. The van der Waals surface area contributed by atoms with E-state index in [4.69, 9.17) is 5.73 Å². The second-order valence-corrected chi connectivity index (χ2v) is 7.93. The predicted molar refractivity (Wildman–Crippen MR) is 88.4 cm³/mol. The summed E-state index contributed by atoms with van der Waals surface area (Å²) in [5, 5.41) is 3.26. The van der Waals surface area contributed by atoms with Crippen molar-refractivity contribution in [2.45, 2.75) is 70.8 Å². The van der Waals surface area contributed by atoms with Crippen molar-refractivity contribution in [2.24, 2.45) is 28.9 Å². The highest BCUT2D eigenvalue weighted by atomic mass is 35.5. The fourth-order valence-corrected chi connectivity index (χ4v) is 4.85. The highest BCUT2D eigenvalue weighted by Crippen LogP contribution is 2.42. The van der Waals surface area contributed by atoms with Crippen LogP contribution in [0.5, 0.6) is 0 Å². The van der Waals surface area contributed by atoms with Gasteiger partial charge in [-0.05, 0) is 55.8 Å². The summed E-state index contributed by atoms with van der Waals surface area (Å²) in [5.41, 5.74) is 6.67. The lowest BCUT2D eigenvalue weighted by molar-refractivity contribution is -0.128. The summed E-state index contributed by atoms with van der Waals surface area (Å²) in [5.74, 6) is 1.73. The van der Waals surface area contributed by atoms with Crippen LogP contribution in [-0.2, 0) is 4.79 Å². The minimum atomic E-state index is 0. The van der Waals surface area contributed by atoms with Gasteiger partial charge < -0.3 is 11.1 Å². The van der Waals surface area contributed by atoms with Gasteiger partial charge in [0.1, 0.15) is 0 Å². The van der Waals surface area contributed by atoms with Crippen LogP contribution in [0.1, 0.15) is 64.7 Å². The van der Waals surface area contributed by atoms with Gasteiger partial charge in [-0.1, -0.05) is 26.2 Å². The minimum absolute atomic E-state index is 0. The first kappa shape index (κ1) is 17.1. The quantitative estimate of drug-likeness (QED) is 0.840. The lowest BCUT2D eigenvalue weighted by Crippen LogP contribution is -2.49. The summed E-state index contributed by atoms with van der Waals surface area (Å²) < 4.78 is 0. The molecule has 0 aliphatic heterocycles. The largest absolute Gasteiger partial charge is 0.355 e. The van der Waals surface area contributed by atoms with Gasteiger partial charge in [0.15, 0.2) is 0 Å². The smallest absolute Gasteiger partial charge is 0.223 e. The molecule has 2 bridgehead atoms. The van der Waals surface area contributed by atoms with Crippen LogP contribution in [0.4, 0.5) is 0 Å². The zero-order valence-electron chi connectivity index (χ0n) is 13.3. The van der Waals surface area contributed by atoms with E-state index in [0.29, 0.717) is 29.2 Å². The molecule has 0 heterocycles. The topological polar surface area (TPSA) is 55.1 Å². The van der Waals surface area contributed by atoms with Crippen LogP contribution < -0.4 is 11.1 Å². The molecule has 3 saturated carbocycles. The number of nitrogens with one attached hydrogen (secondary N) is 1. The van der Waals surface area contributed by atoms with Crippen LogP contribution in [0.25, 0.3) is 0 Å². The fourth-order valence-electron chi connectivity index (χ4n) is 4.85. The van der Waals surface area contributed by atoms with Crippen molar-refractivity contribution < 1.29 is 4.79 Å². The van der Waals surface area contributed by atoms with Crippen molar-refractivity contribution in [3.05, 3.63) is 0 Å². The van der Waals surface area contributed by atoms with E-state index >= 15 is 0 Å². The van der Waals surface area contributed by atoms with Crippen molar-refractivity contribution in [1.29, 1.82) is 0 Å². The Hall–Kier alpha value is -0.280. The number of amides is 1. The van der Waals surface area contributed by atoms with E-state index in [2.05, 4.69) is 12.2 Å². The Morgan fingerprint density at radius 1 is 1.14 bits per heavy atom. The summed E-state index contributed by atoms with van der Waals surface area (Å²) in [7, 11) is 0. The second kappa shape index (κ2) is 6.87. The number of halogens is 1. The summed E-state index contributed by atoms with van der Waals surface area (Å²) in [6, 6.07) is 0.361. The predicted octanol–water partition coefficient (Wildman–Crippen LogP) is 3.26. The second-order valence-electron chi connectivity index (χ2n) is 7.93. The van der Waals surface area contributed by atoms with Gasteiger partial charge in [-0.3, -0.25) is 4.79 Å². The molecule has 1 amide bonds. The van der Waals surface area contributed by atoms with Crippen LogP contribution >= 0.6 is 12.4 Å². The fraction of sp³-hybridized carbons (Fsp3) is 0.941. The molecule has 21 heavy (non-hydrogen) atoms. The van der Waals surface area contributed by atoms with E-state index in [1.165, 1.54) is 44.9 Å². The van der Waals surface area contributed by atoms with Crippen molar-refractivity contribution in [1.82, 2.24) is 5.32 Å². The summed E-state index contributed by atoms with van der Waals surface area (Å²) in [6.45, 7) is 3.20. The third-order valence-electron chi connectivity index (χ3n) is 6.28. The Balaban J connectivity index is 0.00000161. The molecule has 3 aliphatic rings. The van der Waals surface area contributed by atoms with Crippen molar-refractivity contribution >= 4 is 18.3 Å². The molecule has 2 unspecified atom stereocenters. The van der Waals surface area contributed by atoms with Crippen molar-refractivity contribution in [3.63, 3.8) is 0 Å². The van der Waals surface area contributed by atoms with Crippen LogP contribution in [0.3, 0.4) is 0 Å². The normalized spacial score (nSPS) is 37.6. The molecule has 3 fully saturated rings. The van der Waals surface area contributed by atoms with Crippen LogP contribution in [0.15, 0.2) is 0 Å². The number of hydrogen-bond donors (Lipinski definition) is 2. The molecule has 3 rings (SSSR count). The Labute approximate surface area is 135 Å². The van der Waals surface area contributed by atoms with Crippen LogP contribution in [0.2, 0.25) is 0 Å². The maximum absolute atomic E-state index is 12.5. The third kappa shape index (κ3) is 3.73. The average molecular weight is 315 g/mol. The molecule has 0 saturated heterocycles. The van der Waals surface area contributed by atoms with Crippen molar-refractivity contribution in [2.75, 3.05) is 6.54 Å². The summed E-state index contributed by atoms with van der Waals surface area (Å²) >= 11 is 0. The van der Waals surface area contributed by atoms with Gasteiger partial charge in [0.2, 0.25) is 5.91 Å². The first-order chi connectivity index (χ1) is 9.57. The number of hydrogen-bond acceptors (Lipinski definition) is 2. The molecular weight excluding hydrogens is 284 g/mol. The van der Waals surface area contributed by atoms with Gasteiger partial charge in [0, 0.05) is 18.5 Å². The van der Waals surface area contributed by atoms with Crippen LogP contribution in [-0.4, -0.2) is 18.5 Å². The van der Waals surface area contributed by atoms with Gasteiger partial charge in [-0.15, -0.1) is 12.4 Å². The molecule has 0 aromatic rings. The van der Waals surface area contributed by atoms with E-state index in [-0.39, 0.29) is 18.3 Å². The molecular formula is C17H31ClN2O. The lowest BCUT2D eigenvalue weighted by Gasteiger charge is -2.43. The SMILES string of the molecule is CC1(CNC(=O)C2CC3CCCC(C2)C3N)CCCC1.Cl. The third-order valence-corrected chi connectivity index (χ3v) is 6.28. The van der Waals surface area contributed by atoms with E-state index in [1.54, 1.807) is 0 Å². The van der Waals surface area contributed by atoms with Gasteiger partial charge in [0.05, 0.1) is 0 Å². The van der Waals surface area contributed by atoms with Crippen LogP contribution in [0, 0.1) is 23.2 Å². The number of rotatable bonds is 3. The Morgan fingerprint density at radius 3 is 2.29 bits per heavy atom. The summed E-state index contributed by atoms with van der Waals surface area (Å²) in [4.78, 5) is 12.5. The number of carbonyl (C=O) groups is 1. The lowest BCUT2D eigenvalue weighted by atomic mass is 9.65. The van der Waals surface area contributed by atoms with E-state index in [0.717, 1.165) is 19.4 Å². The monoisotopic (exact) mass is 314 g/mol. The van der Waals surface area contributed by atoms with Gasteiger partial charge in [-0.25, -0.2) is 0 Å². The highest BCUT2D eigenvalue weighted by Gasteiger charge is 2.40. The first-order valence-corrected chi connectivity index (χ1v) is 8.61. The highest BCUT2D eigenvalue weighted by molar-refractivity contribution is 5.85. The van der Waals surface area contributed by atoms with Gasteiger partial charge in [-0.2, -0.15) is 0 Å². The molecule has 3 nitrogen and oxygen atoms in total. The molecule has 2 atom stereocenters. The Morgan fingerprint density at radius 2 is 1.71 bits per heavy atom. The molecule has 0 aromatic heterocycles. The Bertz CT molecular complexity index is 354. The first-order valence-electron chi connectivity index (χ1n) is 8.61. The standard InChI is InChI=1S/C17H30N2O.ClH/c1-17(7-2-3-8-17)11-19-16(20)14-9-12-5-4-6-13(10-14)15(12)18;/h12-15H,2-11,18H2,1H3,(H,19,20);1H. The zero-order chi connectivity index (χ0) is 14.2. The molecule has 0 radical (unpaired) electrons. The number of fused-ring (bicyclic) bond motifs is 2. The summed E-state index contributed by atoms with van der Waals surface area (Å²) in [6.07, 6.45) is 11.0.